The van der Waals surface area contributed by atoms with Gasteiger partial charge in [0.15, 0.2) is 0 Å². The van der Waals surface area contributed by atoms with E-state index in [1.807, 2.05) is 0 Å². The van der Waals surface area contributed by atoms with E-state index in [9.17, 15) is 8.42 Å². The van der Waals surface area contributed by atoms with E-state index < -0.39 is 10.0 Å². The molecular weight excluding hydrogens is 238 g/mol. The first-order chi connectivity index (χ1) is 7.08. The number of hydrogen-bond acceptors (Lipinski definition) is 3. The van der Waals surface area contributed by atoms with Gasteiger partial charge in [-0.15, -0.1) is 0 Å². The Hall–Kier alpha value is -0.620. The van der Waals surface area contributed by atoms with Crippen molar-refractivity contribution in [3.05, 3.63) is 29.3 Å². The quantitative estimate of drug-likeness (QED) is 0.808. The fraction of sp³-hybridized carbons (Fsp3) is 0.333. The van der Waals surface area contributed by atoms with Crippen LogP contribution in [-0.4, -0.2) is 27.7 Å². The highest BCUT2D eigenvalue weighted by Crippen LogP contribution is 2.14. The minimum Gasteiger partial charge on any atom is -0.372 e. The standard InChI is InChI=1S/C9H10ClNO3S/c10-7-1-3-9(4-2-7)15(12,13)11-5-8-6-14-8/h1-4,8,11H,5-6H2/t8-/m1/s1. The van der Waals surface area contributed by atoms with Gasteiger partial charge in [-0.2, -0.15) is 0 Å². The highest BCUT2D eigenvalue weighted by molar-refractivity contribution is 7.89. The van der Waals surface area contributed by atoms with Crippen LogP contribution in [0.4, 0.5) is 0 Å². The number of nitrogens with one attached hydrogen (secondary N) is 1. The summed E-state index contributed by atoms with van der Waals surface area (Å²) < 4.78 is 30.7. The van der Waals surface area contributed by atoms with E-state index in [0.717, 1.165) is 0 Å². The van der Waals surface area contributed by atoms with Gasteiger partial charge in [0, 0.05) is 11.6 Å². The predicted octanol–water partition coefficient (Wildman–Crippen LogP) is 1.02. The molecule has 0 aliphatic carbocycles. The van der Waals surface area contributed by atoms with E-state index in [2.05, 4.69) is 4.72 Å². The zero-order valence-electron chi connectivity index (χ0n) is 7.81. The summed E-state index contributed by atoms with van der Waals surface area (Å²) in [5, 5.41) is 0.513. The lowest BCUT2D eigenvalue weighted by Gasteiger charge is -2.04. The van der Waals surface area contributed by atoms with Crippen LogP contribution in [0.15, 0.2) is 29.2 Å². The summed E-state index contributed by atoms with van der Waals surface area (Å²) in [4.78, 5) is 0.215. The van der Waals surface area contributed by atoms with Crippen LogP contribution in [0.3, 0.4) is 0 Å². The highest BCUT2D eigenvalue weighted by atomic mass is 35.5. The van der Waals surface area contributed by atoms with Crippen LogP contribution in [0.25, 0.3) is 0 Å². The second kappa shape index (κ2) is 4.09. The van der Waals surface area contributed by atoms with E-state index in [-0.39, 0.29) is 11.0 Å². The Morgan fingerprint density at radius 1 is 1.40 bits per heavy atom. The molecule has 1 aliphatic rings. The highest BCUT2D eigenvalue weighted by Gasteiger charge is 2.25. The lowest BCUT2D eigenvalue weighted by atomic mass is 10.4. The second-order valence-corrected chi connectivity index (χ2v) is 5.46. The number of benzene rings is 1. The Kier molecular flexibility index (Phi) is 2.97. The normalized spacial score (nSPS) is 20.2. The fourth-order valence-electron chi connectivity index (χ4n) is 1.09. The molecule has 1 aromatic carbocycles. The zero-order chi connectivity index (χ0) is 10.9. The Labute approximate surface area is 93.2 Å². The van der Waals surface area contributed by atoms with Crippen molar-refractivity contribution in [1.29, 1.82) is 0 Å². The van der Waals surface area contributed by atoms with Crippen LogP contribution in [0, 0.1) is 0 Å². The molecule has 0 aromatic heterocycles. The van der Waals surface area contributed by atoms with Crippen LogP contribution in [0.2, 0.25) is 5.02 Å². The molecule has 1 heterocycles. The van der Waals surface area contributed by atoms with Crippen molar-refractivity contribution in [3.8, 4) is 0 Å². The number of ether oxygens (including phenoxy) is 1. The van der Waals surface area contributed by atoms with Crippen molar-refractivity contribution >= 4 is 21.6 Å². The van der Waals surface area contributed by atoms with Crippen molar-refractivity contribution in [1.82, 2.24) is 4.72 Å². The van der Waals surface area contributed by atoms with Crippen LogP contribution < -0.4 is 4.72 Å². The summed E-state index contributed by atoms with van der Waals surface area (Å²) in [6.45, 7) is 0.952. The Morgan fingerprint density at radius 2 is 2.00 bits per heavy atom. The smallest absolute Gasteiger partial charge is 0.240 e. The molecule has 2 rings (SSSR count). The van der Waals surface area contributed by atoms with Crippen molar-refractivity contribution < 1.29 is 13.2 Å². The maximum atomic E-state index is 11.7. The van der Waals surface area contributed by atoms with Crippen molar-refractivity contribution in [2.24, 2.45) is 0 Å². The predicted molar refractivity (Wildman–Crippen MR) is 56.4 cm³/mol. The third-order valence-corrected chi connectivity index (χ3v) is 3.72. The Bertz CT molecular complexity index is 439. The molecular formula is C9H10ClNO3S. The summed E-state index contributed by atoms with van der Waals surface area (Å²) in [5.41, 5.74) is 0. The maximum Gasteiger partial charge on any atom is 0.240 e. The summed E-state index contributed by atoms with van der Waals surface area (Å²) in [6.07, 6.45) is 0.0343. The van der Waals surface area contributed by atoms with Gasteiger partial charge in [-0.3, -0.25) is 0 Å². The van der Waals surface area contributed by atoms with E-state index in [1.165, 1.54) is 12.1 Å². The molecule has 15 heavy (non-hydrogen) atoms. The Morgan fingerprint density at radius 3 is 2.53 bits per heavy atom. The van der Waals surface area contributed by atoms with E-state index in [1.54, 1.807) is 12.1 Å². The minimum atomic E-state index is -3.42. The van der Waals surface area contributed by atoms with Gasteiger partial charge in [-0.1, -0.05) is 11.6 Å². The van der Waals surface area contributed by atoms with Crippen LogP contribution in [0.1, 0.15) is 0 Å². The molecule has 1 saturated heterocycles. The SMILES string of the molecule is O=S(=O)(NC[C@@H]1CO1)c1ccc(Cl)cc1. The number of halogens is 1. The minimum absolute atomic E-state index is 0.0343. The molecule has 0 unspecified atom stereocenters. The first-order valence-electron chi connectivity index (χ1n) is 4.45. The van der Waals surface area contributed by atoms with Crippen molar-refractivity contribution in [2.75, 3.05) is 13.2 Å². The Balaban J connectivity index is 2.09. The fourth-order valence-corrected chi connectivity index (χ4v) is 2.28. The average Bonchev–Trinajstić information content (AvgIpc) is 2.99. The summed E-state index contributed by atoms with van der Waals surface area (Å²) in [6, 6.07) is 6.03. The molecule has 6 heteroatoms. The largest absolute Gasteiger partial charge is 0.372 e. The molecule has 0 bridgehead atoms. The third kappa shape index (κ3) is 2.92. The van der Waals surface area contributed by atoms with Gasteiger partial charge in [-0.05, 0) is 24.3 Å². The molecule has 1 aromatic rings. The molecule has 4 nitrogen and oxygen atoms in total. The first kappa shape index (κ1) is 10.9. The molecule has 1 aliphatic heterocycles. The molecule has 1 atom stereocenters. The van der Waals surface area contributed by atoms with E-state index >= 15 is 0 Å². The molecule has 1 fully saturated rings. The molecule has 0 radical (unpaired) electrons. The first-order valence-corrected chi connectivity index (χ1v) is 6.31. The zero-order valence-corrected chi connectivity index (χ0v) is 9.38. The van der Waals surface area contributed by atoms with Crippen molar-refractivity contribution in [3.63, 3.8) is 0 Å². The van der Waals surface area contributed by atoms with E-state index in [0.29, 0.717) is 18.2 Å². The van der Waals surface area contributed by atoms with Crippen LogP contribution in [-0.2, 0) is 14.8 Å². The topological polar surface area (TPSA) is 58.7 Å². The molecule has 0 saturated carbocycles. The number of epoxide rings is 1. The van der Waals surface area contributed by atoms with E-state index in [4.69, 9.17) is 16.3 Å². The van der Waals surface area contributed by atoms with Gasteiger partial charge in [0.1, 0.15) is 0 Å². The van der Waals surface area contributed by atoms with Gasteiger partial charge < -0.3 is 4.74 Å². The molecule has 82 valence electrons. The van der Waals surface area contributed by atoms with Gasteiger partial charge >= 0.3 is 0 Å². The van der Waals surface area contributed by atoms with Gasteiger partial charge in [0.25, 0.3) is 0 Å². The van der Waals surface area contributed by atoms with Crippen molar-refractivity contribution in [2.45, 2.75) is 11.0 Å². The third-order valence-electron chi connectivity index (χ3n) is 2.03. The maximum absolute atomic E-state index is 11.7. The lowest BCUT2D eigenvalue weighted by Crippen LogP contribution is -2.27. The number of hydrogen-bond donors (Lipinski definition) is 1. The number of rotatable bonds is 4. The lowest BCUT2D eigenvalue weighted by molar-refractivity contribution is 0.406. The van der Waals surface area contributed by atoms with Crippen LogP contribution in [0.5, 0.6) is 0 Å². The molecule has 0 amide bonds. The average molecular weight is 248 g/mol. The summed E-state index contributed by atoms with van der Waals surface area (Å²) >= 11 is 5.66. The summed E-state index contributed by atoms with van der Waals surface area (Å²) in [7, 11) is -3.42. The van der Waals surface area contributed by atoms with Crippen LogP contribution >= 0.6 is 11.6 Å². The van der Waals surface area contributed by atoms with Gasteiger partial charge in [0.05, 0.1) is 17.6 Å². The second-order valence-electron chi connectivity index (χ2n) is 3.26. The summed E-state index contributed by atoms with van der Waals surface area (Å²) in [5.74, 6) is 0. The van der Waals surface area contributed by atoms with Gasteiger partial charge in [0.2, 0.25) is 10.0 Å². The monoisotopic (exact) mass is 247 g/mol. The molecule has 1 N–H and O–H groups in total. The number of sulfonamides is 1. The van der Waals surface area contributed by atoms with Gasteiger partial charge in [-0.25, -0.2) is 13.1 Å². The molecule has 0 spiro atoms.